The maximum absolute atomic E-state index is 14.2. The van der Waals surface area contributed by atoms with Crippen molar-refractivity contribution in [1.82, 2.24) is 0 Å². The number of fused-ring (bicyclic) bond motifs is 2. The zero-order chi connectivity index (χ0) is 23.1. The van der Waals surface area contributed by atoms with Gasteiger partial charge in [0.1, 0.15) is 18.5 Å². The lowest BCUT2D eigenvalue weighted by molar-refractivity contribution is -0.617. The Bertz CT molecular complexity index is 1100. The molecule has 0 aliphatic rings. The van der Waals surface area contributed by atoms with E-state index in [1.54, 1.807) is 11.6 Å². The zero-order valence-corrected chi connectivity index (χ0v) is 16.4. The highest BCUT2D eigenvalue weighted by atomic mass is 19.4. The van der Waals surface area contributed by atoms with E-state index in [9.17, 15) is 31.1 Å². The van der Waals surface area contributed by atoms with Gasteiger partial charge in [-0.1, -0.05) is 0 Å². The lowest BCUT2D eigenvalue weighted by atomic mass is 10.0. The van der Waals surface area contributed by atoms with Crippen LogP contribution in [0, 0.1) is 0 Å². The van der Waals surface area contributed by atoms with Crippen LogP contribution in [0.1, 0.15) is 10.4 Å². The molecule has 0 fully saturated rings. The molecule has 0 aliphatic heterocycles. The van der Waals surface area contributed by atoms with Crippen LogP contribution in [0.5, 0.6) is 11.5 Å². The average Bonchev–Trinajstić information content (AvgIpc) is 2.71. The maximum Gasteiger partial charge on any atom is 0.466 e. The third-order valence-electron chi connectivity index (χ3n) is 4.78. The molecule has 0 aliphatic carbocycles. The molecular weight excluding hydrogens is 432 g/mol. The van der Waals surface area contributed by atoms with Crippen LogP contribution in [-0.4, -0.2) is 38.6 Å². The van der Waals surface area contributed by atoms with Gasteiger partial charge in [-0.05, 0) is 24.3 Å². The van der Waals surface area contributed by atoms with Crippen LogP contribution >= 0.6 is 0 Å². The summed E-state index contributed by atoms with van der Waals surface area (Å²) in [6.45, 7) is 0. The van der Waals surface area contributed by atoms with E-state index in [0.717, 1.165) is 0 Å². The van der Waals surface area contributed by atoms with Crippen LogP contribution in [0.25, 0.3) is 21.8 Å². The van der Waals surface area contributed by atoms with Crippen LogP contribution in [0.3, 0.4) is 0 Å². The fourth-order valence-electron chi connectivity index (χ4n) is 3.18. The SMILES string of the molecule is COc1ccc2c(c1)c(C(=O)OC(F)(C(F)F)C(F)(F)F)c1cc(OC)ccc1[n+]2C. The monoisotopic (exact) mass is 448 g/mol. The van der Waals surface area contributed by atoms with Gasteiger partial charge in [-0.2, -0.15) is 22.1 Å². The highest BCUT2D eigenvalue weighted by Gasteiger charge is 2.67. The molecule has 0 saturated heterocycles. The van der Waals surface area contributed by atoms with Gasteiger partial charge >= 0.3 is 24.4 Å². The van der Waals surface area contributed by atoms with E-state index in [2.05, 4.69) is 4.74 Å². The third kappa shape index (κ3) is 3.68. The van der Waals surface area contributed by atoms with Gasteiger partial charge in [-0.25, -0.2) is 13.6 Å². The standard InChI is InChI=1S/C20H16F6NO4/c1-27-14-6-4-10(29-2)8-12(14)16(13-9-11(30-3)5-7-15(13)27)17(28)31-19(23,18(21)22)20(24,25)26/h4-9,18H,1-3H3/q+1. The molecular formula is C20H16F6NO4+. The van der Waals surface area contributed by atoms with E-state index in [4.69, 9.17) is 9.47 Å². The van der Waals surface area contributed by atoms with Crippen molar-refractivity contribution in [2.24, 2.45) is 7.05 Å². The Balaban J connectivity index is 2.36. The van der Waals surface area contributed by atoms with Gasteiger partial charge < -0.3 is 14.2 Å². The first-order valence-electron chi connectivity index (χ1n) is 8.69. The molecule has 0 N–H and O–H groups in total. The van der Waals surface area contributed by atoms with E-state index >= 15 is 0 Å². The number of pyridine rings is 1. The molecule has 1 unspecified atom stereocenters. The summed E-state index contributed by atoms with van der Waals surface area (Å²) in [7, 11) is 4.25. The Morgan fingerprint density at radius 3 is 1.71 bits per heavy atom. The highest BCUT2D eigenvalue weighted by Crippen LogP contribution is 2.41. The number of hydrogen-bond acceptors (Lipinski definition) is 4. The quantitative estimate of drug-likeness (QED) is 0.250. The van der Waals surface area contributed by atoms with Crippen molar-refractivity contribution >= 4 is 27.8 Å². The predicted molar refractivity (Wildman–Crippen MR) is 97.0 cm³/mol. The summed E-state index contributed by atoms with van der Waals surface area (Å²) in [5.74, 6) is -6.96. The van der Waals surface area contributed by atoms with Crippen LogP contribution < -0.4 is 14.0 Å². The van der Waals surface area contributed by atoms with E-state index < -0.39 is 30.0 Å². The minimum atomic E-state index is -6.16. The minimum Gasteiger partial charge on any atom is -0.497 e. The molecule has 1 aromatic heterocycles. The van der Waals surface area contributed by atoms with E-state index in [0.29, 0.717) is 11.0 Å². The molecule has 166 valence electrons. The Morgan fingerprint density at radius 2 is 1.35 bits per heavy atom. The number of methoxy groups -OCH3 is 2. The van der Waals surface area contributed by atoms with Crippen LogP contribution in [0.4, 0.5) is 26.3 Å². The van der Waals surface area contributed by atoms with Crippen LogP contribution in [0.15, 0.2) is 36.4 Å². The molecule has 11 heteroatoms. The minimum absolute atomic E-state index is 0.00592. The number of hydrogen-bond donors (Lipinski definition) is 0. The molecule has 0 saturated carbocycles. The first-order valence-corrected chi connectivity index (χ1v) is 8.69. The summed E-state index contributed by atoms with van der Waals surface area (Å²) >= 11 is 0. The summed E-state index contributed by atoms with van der Waals surface area (Å²) in [4.78, 5) is 12.8. The highest BCUT2D eigenvalue weighted by molar-refractivity contribution is 6.13. The number of esters is 1. The molecule has 3 aromatic rings. The van der Waals surface area contributed by atoms with E-state index in [1.165, 1.54) is 50.6 Å². The van der Waals surface area contributed by atoms with Gasteiger partial charge in [0.2, 0.25) is 11.0 Å². The van der Waals surface area contributed by atoms with Gasteiger partial charge in [0.05, 0.1) is 30.6 Å². The number of nitrogens with zero attached hydrogens (tertiary/aromatic N) is 1. The Kier molecular flexibility index (Phi) is 5.64. The normalized spacial score (nSPS) is 14.0. The summed E-state index contributed by atoms with van der Waals surface area (Å²) in [5.41, 5.74) is 0.116. The zero-order valence-electron chi connectivity index (χ0n) is 16.4. The lowest BCUT2D eigenvalue weighted by Crippen LogP contribution is -2.51. The van der Waals surface area contributed by atoms with Crippen molar-refractivity contribution < 1.29 is 49.9 Å². The molecule has 31 heavy (non-hydrogen) atoms. The second-order valence-corrected chi connectivity index (χ2v) is 6.53. The number of carbonyl (C=O) groups is 1. The molecule has 0 bridgehead atoms. The summed E-state index contributed by atoms with van der Waals surface area (Å²) in [5, 5.41) is 0.0118. The number of carbonyl (C=O) groups excluding carboxylic acids is 1. The molecule has 1 atom stereocenters. The number of aryl methyl sites for hydroxylation is 1. The Hall–Kier alpha value is -3.24. The second kappa shape index (κ2) is 7.78. The Labute approximate surface area is 171 Å². The molecule has 0 amide bonds. The number of benzene rings is 2. The van der Waals surface area contributed by atoms with Crippen molar-refractivity contribution in [3.63, 3.8) is 0 Å². The first kappa shape index (κ1) is 22.4. The fraction of sp³-hybridized carbons (Fsp3) is 0.300. The Morgan fingerprint density at radius 1 is 0.903 bits per heavy atom. The summed E-state index contributed by atoms with van der Waals surface area (Å²) in [6, 6.07) is 8.69. The number of rotatable bonds is 5. The molecule has 0 spiro atoms. The molecule has 5 nitrogen and oxygen atoms in total. The van der Waals surface area contributed by atoms with Crippen molar-refractivity contribution in [3.05, 3.63) is 42.0 Å². The van der Waals surface area contributed by atoms with Gasteiger partial charge in [0.15, 0.2) is 0 Å². The second-order valence-electron chi connectivity index (χ2n) is 6.53. The largest absolute Gasteiger partial charge is 0.497 e. The summed E-state index contributed by atoms with van der Waals surface area (Å²) < 4.78 is 94.6. The predicted octanol–water partition coefficient (Wildman–Crippen LogP) is 4.48. The number of alkyl halides is 6. The number of ether oxygens (including phenoxy) is 3. The number of aromatic nitrogens is 1. The van der Waals surface area contributed by atoms with Crippen molar-refractivity contribution in [2.75, 3.05) is 14.2 Å². The third-order valence-corrected chi connectivity index (χ3v) is 4.78. The average molecular weight is 448 g/mol. The topological polar surface area (TPSA) is 48.6 Å². The number of halogens is 6. The molecule has 2 aromatic carbocycles. The van der Waals surface area contributed by atoms with E-state index in [-0.39, 0.29) is 22.3 Å². The van der Waals surface area contributed by atoms with Crippen LogP contribution in [-0.2, 0) is 11.8 Å². The van der Waals surface area contributed by atoms with E-state index in [1.807, 2.05) is 0 Å². The van der Waals surface area contributed by atoms with Crippen molar-refractivity contribution in [2.45, 2.75) is 18.5 Å². The van der Waals surface area contributed by atoms with Crippen molar-refractivity contribution in [1.29, 1.82) is 0 Å². The van der Waals surface area contributed by atoms with Crippen LogP contribution in [0.2, 0.25) is 0 Å². The molecule has 0 radical (unpaired) electrons. The van der Waals surface area contributed by atoms with Crippen molar-refractivity contribution in [3.8, 4) is 11.5 Å². The summed E-state index contributed by atoms with van der Waals surface area (Å²) in [6.07, 6.45) is -10.8. The van der Waals surface area contributed by atoms with Gasteiger partial charge in [0, 0.05) is 12.1 Å². The maximum atomic E-state index is 14.2. The van der Waals surface area contributed by atoms with Gasteiger partial charge in [-0.15, -0.1) is 0 Å². The van der Waals surface area contributed by atoms with Gasteiger partial charge in [0.25, 0.3) is 0 Å². The molecule has 3 rings (SSSR count). The van der Waals surface area contributed by atoms with Gasteiger partial charge in [-0.3, -0.25) is 0 Å². The fourth-order valence-corrected chi connectivity index (χ4v) is 3.18. The smallest absolute Gasteiger partial charge is 0.466 e. The lowest BCUT2D eigenvalue weighted by Gasteiger charge is -2.26. The molecule has 1 heterocycles. The first-order chi connectivity index (χ1) is 14.4.